The van der Waals surface area contributed by atoms with Gasteiger partial charge in [0.2, 0.25) is 0 Å². The average molecular weight is 385 g/mol. The van der Waals surface area contributed by atoms with Crippen molar-refractivity contribution in [1.29, 1.82) is 0 Å². The number of hydrogen-bond acceptors (Lipinski definition) is 5. The van der Waals surface area contributed by atoms with E-state index in [1.165, 1.54) is 4.68 Å². The summed E-state index contributed by atoms with van der Waals surface area (Å²) in [5.41, 5.74) is 0.587. The molecule has 7 heteroatoms. The average Bonchev–Trinajstić information content (AvgIpc) is 2.69. The van der Waals surface area contributed by atoms with E-state index >= 15 is 0 Å². The molecule has 1 saturated heterocycles. The zero-order valence-electron chi connectivity index (χ0n) is 14.9. The first-order chi connectivity index (χ1) is 13.0. The fourth-order valence-electron chi connectivity index (χ4n) is 3.60. The van der Waals surface area contributed by atoms with Gasteiger partial charge in [-0.25, -0.2) is 4.68 Å². The highest BCUT2D eigenvalue weighted by molar-refractivity contribution is 6.30. The summed E-state index contributed by atoms with van der Waals surface area (Å²) >= 11 is 5.94. The van der Waals surface area contributed by atoms with Gasteiger partial charge in [-0.05, 0) is 42.7 Å². The van der Waals surface area contributed by atoms with Crippen LogP contribution in [0.25, 0.3) is 10.9 Å². The minimum Gasteiger partial charge on any atom is -0.385 e. The van der Waals surface area contributed by atoms with Crippen LogP contribution >= 0.6 is 11.6 Å². The first-order valence-corrected chi connectivity index (χ1v) is 9.46. The van der Waals surface area contributed by atoms with E-state index in [4.69, 9.17) is 11.6 Å². The Balaban J connectivity index is 1.39. The quantitative estimate of drug-likeness (QED) is 0.748. The number of rotatable bonds is 4. The summed E-state index contributed by atoms with van der Waals surface area (Å²) in [6.45, 7) is 2.70. The second-order valence-corrected chi connectivity index (χ2v) is 7.45. The van der Waals surface area contributed by atoms with Gasteiger partial charge in [0.15, 0.2) is 0 Å². The third-order valence-electron chi connectivity index (χ3n) is 5.32. The fourth-order valence-corrected chi connectivity index (χ4v) is 3.73. The molecule has 0 radical (unpaired) electrons. The van der Waals surface area contributed by atoms with Gasteiger partial charge < -0.3 is 10.0 Å². The van der Waals surface area contributed by atoms with Crippen LogP contribution in [0.1, 0.15) is 18.4 Å². The SMILES string of the molecule is O=c1c2ccccc2nnn1CCN1CCC(O)(c2ccc(Cl)cc2)CC1. The van der Waals surface area contributed by atoms with Crippen molar-refractivity contribution in [3.05, 3.63) is 69.5 Å². The van der Waals surface area contributed by atoms with Gasteiger partial charge in [0.05, 0.1) is 17.5 Å². The van der Waals surface area contributed by atoms with E-state index in [-0.39, 0.29) is 5.56 Å². The Kier molecular flexibility index (Phi) is 4.95. The number of benzene rings is 2. The number of piperidine rings is 1. The van der Waals surface area contributed by atoms with Gasteiger partial charge in [-0.15, -0.1) is 5.10 Å². The Labute approximate surface area is 162 Å². The Hall–Kier alpha value is -2.28. The van der Waals surface area contributed by atoms with Crippen LogP contribution in [0.5, 0.6) is 0 Å². The van der Waals surface area contributed by atoms with Crippen molar-refractivity contribution in [2.24, 2.45) is 0 Å². The van der Waals surface area contributed by atoms with Crippen molar-refractivity contribution in [3.8, 4) is 0 Å². The molecule has 0 aliphatic carbocycles. The van der Waals surface area contributed by atoms with Gasteiger partial charge in [-0.1, -0.05) is 41.1 Å². The maximum atomic E-state index is 12.5. The van der Waals surface area contributed by atoms with Crippen molar-refractivity contribution in [2.75, 3.05) is 19.6 Å². The Morgan fingerprint density at radius 1 is 1.04 bits per heavy atom. The molecular formula is C20H21ClN4O2. The second-order valence-electron chi connectivity index (χ2n) is 7.02. The van der Waals surface area contributed by atoms with Crippen molar-refractivity contribution in [3.63, 3.8) is 0 Å². The molecule has 1 N–H and O–H groups in total. The van der Waals surface area contributed by atoms with Crippen LogP contribution in [0.15, 0.2) is 53.3 Å². The number of hydrogen-bond donors (Lipinski definition) is 1. The molecule has 6 nitrogen and oxygen atoms in total. The van der Waals surface area contributed by atoms with Gasteiger partial charge in [0.1, 0.15) is 5.52 Å². The van der Waals surface area contributed by atoms with Crippen molar-refractivity contribution in [1.82, 2.24) is 19.9 Å². The third-order valence-corrected chi connectivity index (χ3v) is 5.57. The summed E-state index contributed by atoms with van der Waals surface area (Å²) in [6, 6.07) is 14.6. The molecular weight excluding hydrogens is 364 g/mol. The number of halogens is 1. The van der Waals surface area contributed by atoms with Gasteiger partial charge in [0, 0.05) is 24.7 Å². The Morgan fingerprint density at radius 2 is 1.74 bits per heavy atom. The molecule has 4 rings (SSSR count). The molecule has 140 valence electrons. The minimum absolute atomic E-state index is 0.115. The summed E-state index contributed by atoms with van der Waals surface area (Å²) in [5, 5.41) is 20.4. The summed E-state index contributed by atoms with van der Waals surface area (Å²) in [5.74, 6) is 0. The van der Waals surface area contributed by atoms with Gasteiger partial charge in [-0.2, -0.15) is 0 Å². The van der Waals surface area contributed by atoms with Crippen LogP contribution < -0.4 is 5.56 Å². The van der Waals surface area contributed by atoms with Crippen molar-refractivity contribution in [2.45, 2.75) is 25.0 Å². The van der Waals surface area contributed by atoms with Crippen LogP contribution in [-0.4, -0.2) is 44.6 Å². The van der Waals surface area contributed by atoms with E-state index in [0.717, 1.165) is 18.7 Å². The normalized spacial score (nSPS) is 17.3. The number of nitrogens with zero attached hydrogens (tertiary/aromatic N) is 4. The van der Waals surface area contributed by atoms with Crippen LogP contribution in [0.2, 0.25) is 5.02 Å². The molecule has 1 aliphatic heterocycles. The molecule has 3 aromatic rings. The first kappa shape index (κ1) is 18.1. The largest absolute Gasteiger partial charge is 0.385 e. The van der Waals surface area contributed by atoms with E-state index in [1.807, 2.05) is 36.4 Å². The topological polar surface area (TPSA) is 71.2 Å². The first-order valence-electron chi connectivity index (χ1n) is 9.08. The number of aromatic nitrogens is 3. The lowest BCUT2D eigenvalue weighted by Crippen LogP contribution is -2.44. The van der Waals surface area contributed by atoms with Crippen molar-refractivity contribution < 1.29 is 5.11 Å². The highest BCUT2D eigenvalue weighted by atomic mass is 35.5. The number of fused-ring (bicyclic) bond motifs is 1. The minimum atomic E-state index is -0.819. The van der Waals surface area contributed by atoms with Crippen LogP contribution in [-0.2, 0) is 12.1 Å². The predicted octanol–water partition coefficient (Wildman–Crippen LogP) is 2.43. The monoisotopic (exact) mass is 384 g/mol. The lowest BCUT2D eigenvalue weighted by Gasteiger charge is -2.38. The maximum absolute atomic E-state index is 12.5. The molecule has 2 aromatic carbocycles. The fraction of sp³-hybridized carbons (Fsp3) is 0.350. The van der Waals surface area contributed by atoms with E-state index < -0.39 is 5.60 Å². The molecule has 1 fully saturated rings. The Morgan fingerprint density at radius 3 is 2.48 bits per heavy atom. The molecule has 1 aliphatic rings. The van der Waals surface area contributed by atoms with Gasteiger partial charge >= 0.3 is 0 Å². The third kappa shape index (κ3) is 3.74. The molecule has 2 heterocycles. The van der Waals surface area contributed by atoms with Gasteiger partial charge in [0.25, 0.3) is 5.56 Å². The van der Waals surface area contributed by atoms with E-state index in [1.54, 1.807) is 12.1 Å². The molecule has 0 bridgehead atoms. The summed E-state index contributed by atoms with van der Waals surface area (Å²) in [7, 11) is 0. The van der Waals surface area contributed by atoms with E-state index in [2.05, 4.69) is 15.2 Å². The molecule has 0 spiro atoms. The molecule has 0 atom stereocenters. The summed E-state index contributed by atoms with van der Waals surface area (Å²) in [6.07, 6.45) is 1.29. The smallest absolute Gasteiger partial charge is 0.277 e. The summed E-state index contributed by atoms with van der Waals surface area (Å²) < 4.78 is 1.42. The lowest BCUT2D eigenvalue weighted by atomic mass is 9.84. The summed E-state index contributed by atoms with van der Waals surface area (Å²) in [4.78, 5) is 14.8. The van der Waals surface area contributed by atoms with E-state index in [9.17, 15) is 9.90 Å². The Bertz CT molecular complexity index is 995. The van der Waals surface area contributed by atoms with Crippen molar-refractivity contribution >= 4 is 22.5 Å². The lowest BCUT2D eigenvalue weighted by molar-refractivity contribution is -0.0266. The predicted molar refractivity (Wildman–Crippen MR) is 105 cm³/mol. The van der Waals surface area contributed by atoms with Crippen LogP contribution in [0, 0.1) is 0 Å². The van der Waals surface area contributed by atoms with Crippen LogP contribution in [0.4, 0.5) is 0 Å². The molecule has 27 heavy (non-hydrogen) atoms. The zero-order chi connectivity index (χ0) is 18.9. The van der Waals surface area contributed by atoms with E-state index in [0.29, 0.717) is 41.9 Å². The highest BCUT2D eigenvalue weighted by Gasteiger charge is 2.33. The molecule has 0 unspecified atom stereocenters. The molecule has 1 aromatic heterocycles. The zero-order valence-corrected chi connectivity index (χ0v) is 15.6. The maximum Gasteiger partial charge on any atom is 0.277 e. The number of likely N-dealkylation sites (tertiary alicyclic amines) is 1. The second kappa shape index (κ2) is 7.38. The molecule has 0 saturated carbocycles. The van der Waals surface area contributed by atoms with Crippen LogP contribution in [0.3, 0.4) is 0 Å². The number of aliphatic hydroxyl groups is 1. The highest BCUT2D eigenvalue weighted by Crippen LogP contribution is 2.33. The van der Waals surface area contributed by atoms with Gasteiger partial charge in [-0.3, -0.25) is 4.79 Å². The molecule has 0 amide bonds. The standard InChI is InChI=1S/C20H21ClN4O2/c21-16-7-5-15(6-8-16)20(27)9-11-24(12-10-20)13-14-25-19(26)17-3-1-2-4-18(17)22-23-25/h1-8,27H,9-14H2.